The van der Waals surface area contributed by atoms with E-state index in [-0.39, 0.29) is 5.75 Å². The Morgan fingerprint density at radius 1 is 0.793 bits per heavy atom. The third-order valence-corrected chi connectivity index (χ3v) is 5.00. The molecule has 3 aromatic carbocycles. The summed E-state index contributed by atoms with van der Waals surface area (Å²) in [4.78, 5) is 1.40. The fraction of sp³-hybridized carbons (Fsp3) is 0.231. The monoisotopic (exact) mass is 409 g/mol. The number of halogens is 1. The lowest BCUT2D eigenvalue weighted by molar-refractivity contribution is 0.223. The molecule has 0 aliphatic heterocycles. The standard InChI is InChI=1S/C26H28ClNO/c1-3-28(4-2)19-20-29-24-17-15-22(16-18-24)25(21-11-7-5-8-12-21)26(27)23-13-9-6-10-14-23/h5-18H,3-4,19-20H2,1-2H3/i19D2,20D2. The average molecular weight is 410 g/mol. The van der Waals surface area contributed by atoms with Crippen LogP contribution in [-0.4, -0.2) is 31.0 Å². The molecule has 0 aliphatic carbocycles. The van der Waals surface area contributed by atoms with Crippen LogP contribution in [0.5, 0.6) is 5.75 Å². The summed E-state index contributed by atoms with van der Waals surface area (Å²) in [5, 5.41) is 0.601. The van der Waals surface area contributed by atoms with Crippen LogP contribution in [0.25, 0.3) is 10.6 Å². The van der Waals surface area contributed by atoms with Crippen molar-refractivity contribution in [3.05, 3.63) is 102 Å². The highest BCUT2D eigenvalue weighted by Gasteiger charge is 2.12. The molecule has 0 fully saturated rings. The van der Waals surface area contributed by atoms with Crippen molar-refractivity contribution in [3.8, 4) is 5.75 Å². The van der Waals surface area contributed by atoms with Gasteiger partial charge in [0.15, 0.2) is 0 Å². The Bertz CT molecular complexity index is 1070. The minimum Gasteiger partial charge on any atom is -0.492 e. The fourth-order valence-corrected chi connectivity index (χ4v) is 3.32. The highest BCUT2D eigenvalue weighted by atomic mass is 35.5. The van der Waals surface area contributed by atoms with Gasteiger partial charge in [0, 0.05) is 14.8 Å². The Labute approximate surface area is 185 Å². The van der Waals surface area contributed by atoms with Gasteiger partial charge in [-0.15, -0.1) is 0 Å². The van der Waals surface area contributed by atoms with Gasteiger partial charge in [0.2, 0.25) is 0 Å². The van der Waals surface area contributed by atoms with E-state index in [1.807, 2.05) is 72.8 Å². The van der Waals surface area contributed by atoms with Crippen LogP contribution >= 0.6 is 11.6 Å². The third-order valence-electron chi connectivity index (χ3n) is 4.59. The van der Waals surface area contributed by atoms with Gasteiger partial charge < -0.3 is 9.64 Å². The van der Waals surface area contributed by atoms with Crippen molar-refractivity contribution in [1.29, 1.82) is 0 Å². The van der Waals surface area contributed by atoms with Crippen molar-refractivity contribution in [2.24, 2.45) is 0 Å². The topological polar surface area (TPSA) is 12.5 Å². The molecule has 3 rings (SSSR count). The molecule has 0 aliphatic rings. The van der Waals surface area contributed by atoms with E-state index in [0.717, 1.165) is 22.3 Å². The Morgan fingerprint density at radius 3 is 1.86 bits per heavy atom. The molecule has 0 aromatic heterocycles. The van der Waals surface area contributed by atoms with Crippen LogP contribution in [0.2, 0.25) is 0 Å². The van der Waals surface area contributed by atoms with E-state index in [4.69, 9.17) is 21.8 Å². The molecule has 3 heteroatoms. The molecule has 0 bridgehead atoms. The van der Waals surface area contributed by atoms with Crippen molar-refractivity contribution in [2.45, 2.75) is 13.8 Å². The van der Waals surface area contributed by atoms with E-state index in [0.29, 0.717) is 18.1 Å². The molecule has 0 saturated carbocycles. The van der Waals surface area contributed by atoms with Crippen molar-refractivity contribution < 1.29 is 10.2 Å². The number of rotatable bonds is 9. The van der Waals surface area contributed by atoms with Gasteiger partial charge in [0.05, 0.1) is 7.77 Å². The van der Waals surface area contributed by atoms with Crippen molar-refractivity contribution in [3.63, 3.8) is 0 Å². The zero-order chi connectivity index (χ0) is 24.1. The molecule has 150 valence electrons. The zero-order valence-electron chi connectivity index (χ0n) is 20.7. The Balaban J connectivity index is 1.97. The van der Waals surface area contributed by atoms with Crippen LogP contribution in [0, 0.1) is 0 Å². The van der Waals surface area contributed by atoms with Crippen LogP contribution in [-0.2, 0) is 0 Å². The normalized spacial score (nSPS) is 15.0. The van der Waals surface area contributed by atoms with E-state index in [1.165, 1.54) is 4.90 Å². The lowest BCUT2D eigenvalue weighted by Gasteiger charge is -2.18. The fourth-order valence-electron chi connectivity index (χ4n) is 2.97. The molecule has 0 radical (unpaired) electrons. The van der Waals surface area contributed by atoms with Crippen molar-refractivity contribution >= 4 is 22.2 Å². The number of hydrogen-bond donors (Lipinski definition) is 0. The maximum Gasteiger partial charge on any atom is 0.119 e. The van der Waals surface area contributed by atoms with Crippen LogP contribution in [0.15, 0.2) is 84.9 Å². The Kier molecular flexibility index (Phi) is 6.09. The summed E-state index contributed by atoms with van der Waals surface area (Å²) in [6.07, 6.45) is 0. The minimum atomic E-state index is -2.54. The van der Waals surface area contributed by atoms with Gasteiger partial charge in [0.25, 0.3) is 0 Å². The molecule has 29 heavy (non-hydrogen) atoms. The number of benzene rings is 3. The van der Waals surface area contributed by atoms with E-state index in [1.54, 1.807) is 26.0 Å². The van der Waals surface area contributed by atoms with E-state index < -0.39 is 13.1 Å². The van der Waals surface area contributed by atoms with Gasteiger partial charge in [-0.1, -0.05) is 98.2 Å². The van der Waals surface area contributed by atoms with E-state index in [2.05, 4.69) is 0 Å². The van der Waals surface area contributed by atoms with Crippen molar-refractivity contribution in [1.82, 2.24) is 4.90 Å². The quantitative estimate of drug-likeness (QED) is 0.371. The highest BCUT2D eigenvalue weighted by Crippen LogP contribution is 2.35. The first-order valence-corrected chi connectivity index (χ1v) is 10.1. The smallest absolute Gasteiger partial charge is 0.119 e. The number of nitrogens with zero attached hydrogens (tertiary/aromatic N) is 1. The Morgan fingerprint density at radius 2 is 1.31 bits per heavy atom. The first-order chi connectivity index (χ1) is 15.7. The predicted octanol–water partition coefficient (Wildman–Crippen LogP) is 6.56. The summed E-state index contributed by atoms with van der Waals surface area (Å²) in [7, 11) is 0. The maximum absolute atomic E-state index is 8.28. The largest absolute Gasteiger partial charge is 0.492 e. The molecule has 0 saturated heterocycles. The van der Waals surface area contributed by atoms with Crippen LogP contribution in [0.3, 0.4) is 0 Å². The summed E-state index contributed by atoms with van der Waals surface area (Å²) in [5.74, 6) is 0.239. The van der Waals surface area contributed by atoms with Gasteiger partial charge in [-0.2, -0.15) is 0 Å². The second-order valence-corrected chi connectivity index (χ2v) is 6.81. The minimum absolute atomic E-state index is 0.239. The Hall–Kier alpha value is -2.55. The molecule has 0 atom stereocenters. The van der Waals surface area contributed by atoms with Crippen LogP contribution in [0.1, 0.15) is 36.0 Å². The second kappa shape index (κ2) is 10.8. The molecule has 0 heterocycles. The summed E-state index contributed by atoms with van der Waals surface area (Å²) in [5.41, 5.74) is 3.53. The average Bonchev–Trinajstić information content (AvgIpc) is 2.82. The van der Waals surface area contributed by atoms with Gasteiger partial charge in [-0.05, 0) is 41.9 Å². The molecular formula is C26H28ClNO. The number of ether oxygens (including phenoxy) is 1. The third kappa shape index (κ3) is 5.72. The lowest BCUT2D eigenvalue weighted by Crippen LogP contribution is -2.27. The summed E-state index contributed by atoms with van der Waals surface area (Å²) in [6, 6.07) is 26.4. The second-order valence-electron chi connectivity index (χ2n) is 6.43. The molecule has 0 N–H and O–H groups in total. The SMILES string of the molecule is [2H]C([2H])(Oc1ccc(C(=C(Cl)c2ccccc2)c2ccccc2)cc1)C([2H])([2H])N(CC)CC. The first kappa shape index (κ1) is 16.3. The summed E-state index contributed by atoms with van der Waals surface area (Å²) in [6.45, 7) is -0.509. The first-order valence-electron chi connectivity index (χ1n) is 11.8. The van der Waals surface area contributed by atoms with Gasteiger partial charge >= 0.3 is 0 Å². The van der Waals surface area contributed by atoms with E-state index in [9.17, 15) is 0 Å². The number of hydrogen-bond acceptors (Lipinski definition) is 2. The predicted molar refractivity (Wildman–Crippen MR) is 124 cm³/mol. The van der Waals surface area contributed by atoms with E-state index >= 15 is 0 Å². The lowest BCUT2D eigenvalue weighted by atomic mass is 9.95. The molecule has 2 nitrogen and oxygen atoms in total. The summed E-state index contributed by atoms with van der Waals surface area (Å²) < 4.78 is 38.6. The van der Waals surface area contributed by atoms with Crippen molar-refractivity contribution in [2.75, 3.05) is 26.1 Å². The van der Waals surface area contributed by atoms with Crippen LogP contribution in [0.4, 0.5) is 0 Å². The molecular weight excluding hydrogens is 378 g/mol. The molecule has 3 aromatic rings. The molecule has 0 spiro atoms. The van der Waals surface area contributed by atoms with Gasteiger partial charge in [-0.25, -0.2) is 0 Å². The van der Waals surface area contributed by atoms with Crippen LogP contribution < -0.4 is 4.74 Å². The molecule has 0 unspecified atom stereocenters. The number of likely N-dealkylation sites (N-methyl/N-ethyl adjacent to an activating group) is 1. The molecule has 0 amide bonds. The maximum atomic E-state index is 8.28. The summed E-state index contributed by atoms with van der Waals surface area (Å²) >= 11 is 6.85. The van der Waals surface area contributed by atoms with Gasteiger partial charge in [-0.3, -0.25) is 0 Å². The highest BCUT2D eigenvalue weighted by molar-refractivity contribution is 6.53. The zero-order valence-corrected chi connectivity index (χ0v) is 17.5. The van der Waals surface area contributed by atoms with Gasteiger partial charge in [0.1, 0.15) is 12.3 Å².